The van der Waals surface area contributed by atoms with Crippen LogP contribution in [0.5, 0.6) is 5.75 Å². The summed E-state index contributed by atoms with van der Waals surface area (Å²) in [6.07, 6.45) is 1.46. The summed E-state index contributed by atoms with van der Waals surface area (Å²) in [4.78, 5) is 14.6. The van der Waals surface area contributed by atoms with Crippen LogP contribution in [0, 0.1) is 5.92 Å². The predicted octanol–water partition coefficient (Wildman–Crippen LogP) is 2.47. The second-order valence-electron chi connectivity index (χ2n) is 6.40. The summed E-state index contributed by atoms with van der Waals surface area (Å²) >= 11 is 0. The molecule has 0 spiro atoms. The van der Waals surface area contributed by atoms with E-state index < -0.39 is 0 Å². The minimum Gasteiger partial charge on any atom is -0.496 e. The van der Waals surface area contributed by atoms with Crippen molar-refractivity contribution in [1.82, 2.24) is 10.2 Å². The lowest BCUT2D eigenvalue weighted by Gasteiger charge is -2.39. The van der Waals surface area contributed by atoms with Gasteiger partial charge in [0.25, 0.3) is 0 Å². The number of amides is 1. The summed E-state index contributed by atoms with van der Waals surface area (Å²) in [5.74, 6) is 1.48. The van der Waals surface area contributed by atoms with Crippen molar-refractivity contribution in [3.05, 3.63) is 29.8 Å². The van der Waals surface area contributed by atoms with E-state index in [0.29, 0.717) is 18.4 Å². The number of nitrogens with one attached hydrogen (secondary N) is 1. The first-order chi connectivity index (χ1) is 10.5. The second-order valence-corrected chi connectivity index (χ2v) is 6.40. The standard InChI is InChI=1S/C18H28N2O2/c1-13(11-16-7-5-6-8-17(16)22-4)12-18(21)20-10-9-19-14(2)15(20)3/h5-8,13-15,19H,9-12H2,1-4H3. The number of carbonyl (C=O) groups excluding carboxylic acids is 1. The van der Waals surface area contributed by atoms with Crippen molar-refractivity contribution < 1.29 is 9.53 Å². The highest BCUT2D eigenvalue weighted by molar-refractivity contribution is 5.77. The second kappa shape index (κ2) is 7.63. The first kappa shape index (κ1) is 16.8. The third-order valence-electron chi connectivity index (χ3n) is 4.64. The Morgan fingerprint density at radius 1 is 1.41 bits per heavy atom. The fraction of sp³-hybridized carbons (Fsp3) is 0.611. The molecule has 1 amide bonds. The molecule has 1 aromatic carbocycles. The minimum atomic E-state index is 0.264. The number of rotatable bonds is 5. The van der Waals surface area contributed by atoms with Gasteiger partial charge in [0.05, 0.1) is 7.11 Å². The van der Waals surface area contributed by atoms with Crippen LogP contribution in [0.2, 0.25) is 0 Å². The fourth-order valence-corrected chi connectivity index (χ4v) is 3.14. The molecule has 1 N–H and O–H groups in total. The number of hydrogen-bond donors (Lipinski definition) is 1. The molecule has 4 heteroatoms. The highest BCUT2D eigenvalue weighted by atomic mass is 16.5. The Morgan fingerprint density at radius 3 is 2.86 bits per heavy atom. The zero-order valence-corrected chi connectivity index (χ0v) is 14.1. The molecular weight excluding hydrogens is 276 g/mol. The van der Waals surface area contributed by atoms with Crippen molar-refractivity contribution in [3.8, 4) is 5.75 Å². The molecule has 22 heavy (non-hydrogen) atoms. The Bertz CT molecular complexity index is 504. The molecule has 1 aliphatic heterocycles. The zero-order valence-electron chi connectivity index (χ0n) is 14.1. The summed E-state index contributed by atoms with van der Waals surface area (Å²) in [5.41, 5.74) is 1.17. The molecule has 4 nitrogen and oxygen atoms in total. The monoisotopic (exact) mass is 304 g/mol. The third-order valence-corrected chi connectivity index (χ3v) is 4.64. The number of para-hydroxylation sites is 1. The van der Waals surface area contributed by atoms with Gasteiger partial charge in [0.2, 0.25) is 5.91 Å². The summed E-state index contributed by atoms with van der Waals surface area (Å²) in [6, 6.07) is 8.68. The molecule has 1 aliphatic rings. The van der Waals surface area contributed by atoms with E-state index in [1.807, 2.05) is 23.1 Å². The van der Waals surface area contributed by atoms with Crippen molar-refractivity contribution in [3.63, 3.8) is 0 Å². The average molecular weight is 304 g/mol. The Balaban J connectivity index is 1.93. The zero-order chi connectivity index (χ0) is 16.1. The van der Waals surface area contributed by atoms with Crippen LogP contribution in [-0.4, -0.2) is 43.1 Å². The number of carbonyl (C=O) groups is 1. The van der Waals surface area contributed by atoms with Gasteiger partial charge >= 0.3 is 0 Å². The van der Waals surface area contributed by atoms with Gasteiger partial charge in [-0.2, -0.15) is 0 Å². The largest absolute Gasteiger partial charge is 0.496 e. The first-order valence-corrected chi connectivity index (χ1v) is 8.17. The molecule has 0 aromatic heterocycles. The molecular formula is C18H28N2O2. The maximum absolute atomic E-state index is 12.6. The maximum Gasteiger partial charge on any atom is 0.223 e. The van der Waals surface area contributed by atoms with Crippen molar-refractivity contribution in [2.24, 2.45) is 5.92 Å². The molecule has 3 atom stereocenters. The van der Waals surface area contributed by atoms with Crippen LogP contribution in [0.15, 0.2) is 24.3 Å². The van der Waals surface area contributed by atoms with Crippen LogP contribution in [0.1, 0.15) is 32.8 Å². The highest BCUT2D eigenvalue weighted by Gasteiger charge is 2.28. The molecule has 0 saturated carbocycles. The van der Waals surface area contributed by atoms with E-state index >= 15 is 0 Å². The van der Waals surface area contributed by atoms with E-state index in [0.717, 1.165) is 25.3 Å². The van der Waals surface area contributed by atoms with E-state index in [4.69, 9.17) is 4.74 Å². The third kappa shape index (κ3) is 4.01. The van der Waals surface area contributed by atoms with E-state index in [1.165, 1.54) is 5.56 Å². The molecule has 0 bridgehead atoms. The topological polar surface area (TPSA) is 41.6 Å². The smallest absolute Gasteiger partial charge is 0.223 e. The van der Waals surface area contributed by atoms with Gasteiger partial charge < -0.3 is 15.0 Å². The van der Waals surface area contributed by atoms with Gasteiger partial charge in [0.15, 0.2) is 0 Å². The molecule has 0 radical (unpaired) electrons. The average Bonchev–Trinajstić information content (AvgIpc) is 2.50. The molecule has 122 valence electrons. The lowest BCUT2D eigenvalue weighted by atomic mass is 9.96. The van der Waals surface area contributed by atoms with Crippen LogP contribution < -0.4 is 10.1 Å². The van der Waals surface area contributed by atoms with Gasteiger partial charge in [-0.25, -0.2) is 0 Å². The summed E-state index contributed by atoms with van der Waals surface area (Å²) in [6.45, 7) is 8.10. The SMILES string of the molecule is COc1ccccc1CC(C)CC(=O)N1CCNC(C)C1C. The van der Waals surface area contributed by atoms with Crippen molar-refractivity contribution in [2.75, 3.05) is 20.2 Å². The van der Waals surface area contributed by atoms with Gasteiger partial charge in [0, 0.05) is 31.6 Å². The van der Waals surface area contributed by atoms with Crippen LogP contribution in [0.4, 0.5) is 0 Å². The van der Waals surface area contributed by atoms with Gasteiger partial charge in [-0.05, 0) is 37.8 Å². The molecule has 1 saturated heterocycles. The Kier molecular flexibility index (Phi) is 5.83. The quantitative estimate of drug-likeness (QED) is 0.908. The number of benzene rings is 1. The predicted molar refractivity (Wildman–Crippen MR) is 89.1 cm³/mol. The summed E-state index contributed by atoms with van der Waals surface area (Å²) in [5, 5.41) is 3.41. The van der Waals surface area contributed by atoms with Crippen LogP contribution >= 0.6 is 0 Å². The van der Waals surface area contributed by atoms with E-state index in [2.05, 4.69) is 32.2 Å². The van der Waals surface area contributed by atoms with Crippen molar-refractivity contribution in [1.29, 1.82) is 0 Å². The van der Waals surface area contributed by atoms with E-state index in [-0.39, 0.29) is 11.9 Å². The summed E-state index contributed by atoms with van der Waals surface area (Å²) in [7, 11) is 1.69. The van der Waals surface area contributed by atoms with Crippen LogP contribution in [0.3, 0.4) is 0 Å². The van der Waals surface area contributed by atoms with Gasteiger partial charge in [-0.15, -0.1) is 0 Å². The van der Waals surface area contributed by atoms with E-state index in [9.17, 15) is 4.79 Å². The number of nitrogens with zero attached hydrogens (tertiary/aromatic N) is 1. The normalized spacial score (nSPS) is 23.2. The lowest BCUT2D eigenvalue weighted by Crippen LogP contribution is -2.57. The summed E-state index contributed by atoms with van der Waals surface area (Å²) < 4.78 is 5.40. The van der Waals surface area contributed by atoms with Gasteiger partial charge in [-0.1, -0.05) is 25.1 Å². The lowest BCUT2D eigenvalue weighted by molar-refractivity contribution is -0.135. The minimum absolute atomic E-state index is 0.264. The Morgan fingerprint density at radius 2 is 2.14 bits per heavy atom. The molecule has 1 fully saturated rings. The van der Waals surface area contributed by atoms with E-state index in [1.54, 1.807) is 7.11 Å². The first-order valence-electron chi connectivity index (χ1n) is 8.17. The van der Waals surface area contributed by atoms with Crippen molar-refractivity contribution in [2.45, 2.75) is 45.7 Å². The van der Waals surface area contributed by atoms with Crippen LogP contribution in [-0.2, 0) is 11.2 Å². The number of ether oxygens (including phenoxy) is 1. The Labute approximate surface area is 133 Å². The van der Waals surface area contributed by atoms with Crippen molar-refractivity contribution >= 4 is 5.91 Å². The highest BCUT2D eigenvalue weighted by Crippen LogP contribution is 2.23. The Hall–Kier alpha value is -1.55. The maximum atomic E-state index is 12.6. The molecule has 1 aromatic rings. The molecule has 3 unspecified atom stereocenters. The van der Waals surface area contributed by atoms with Crippen LogP contribution in [0.25, 0.3) is 0 Å². The molecule has 0 aliphatic carbocycles. The molecule has 2 rings (SSSR count). The number of hydrogen-bond acceptors (Lipinski definition) is 3. The number of methoxy groups -OCH3 is 1. The van der Waals surface area contributed by atoms with Gasteiger partial charge in [0.1, 0.15) is 5.75 Å². The molecule has 1 heterocycles. The number of piperazine rings is 1. The fourth-order valence-electron chi connectivity index (χ4n) is 3.14. The van der Waals surface area contributed by atoms with Gasteiger partial charge in [-0.3, -0.25) is 4.79 Å².